The largest absolute Gasteiger partial charge is 0.348 e. The number of piperazine rings is 2. The van der Waals surface area contributed by atoms with Gasteiger partial charge in [0, 0.05) is 56.3 Å². The molecule has 2 aliphatic heterocycles. The summed E-state index contributed by atoms with van der Waals surface area (Å²) in [5.74, 6) is -0.472. The van der Waals surface area contributed by atoms with Gasteiger partial charge in [0.2, 0.25) is 11.8 Å². The average Bonchev–Trinajstić information content (AvgIpc) is 3.45. The zero-order valence-corrected chi connectivity index (χ0v) is 16.7. The van der Waals surface area contributed by atoms with Gasteiger partial charge in [-0.25, -0.2) is 14.1 Å². The SMILES string of the molecule is O=C1N[C@@H](Cc2cnc[nH]2)C(=O)N2CCN(Cc3cnn(-c4ccc(F)cc4)c3)C[C@H]12. The third-order valence-electron chi connectivity index (χ3n) is 5.78. The van der Waals surface area contributed by atoms with Crippen molar-refractivity contribution < 1.29 is 14.0 Å². The third kappa shape index (κ3) is 3.93. The number of nitrogens with one attached hydrogen (secondary N) is 2. The van der Waals surface area contributed by atoms with Gasteiger partial charge in [-0.2, -0.15) is 5.10 Å². The maximum Gasteiger partial charge on any atom is 0.246 e. The first-order valence-corrected chi connectivity index (χ1v) is 10.2. The Kier molecular flexibility index (Phi) is 4.99. The molecule has 9 nitrogen and oxygen atoms in total. The van der Waals surface area contributed by atoms with E-state index >= 15 is 0 Å². The van der Waals surface area contributed by atoms with Crippen LogP contribution in [-0.4, -0.2) is 73.1 Å². The monoisotopic (exact) mass is 423 g/mol. The van der Waals surface area contributed by atoms with E-state index in [4.69, 9.17) is 0 Å². The molecule has 4 heterocycles. The predicted octanol–water partition coefficient (Wildman–Crippen LogP) is 0.488. The summed E-state index contributed by atoms with van der Waals surface area (Å²) >= 11 is 0. The number of hydrogen-bond acceptors (Lipinski definition) is 5. The van der Waals surface area contributed by atoms with Gasteiger partial charge in [-0.1, -0.05) is 0 Å². The lowest BCUT2D eigenvalue weighted by atomic mass is 10.0. The van der Waals surface area contributed by atoms with E-state index in [1.165, 1.54) is 12.1 Å². The topological polar surface area (TPSA) is 99.1 Å². The van der Waals surface area contributed by atoms with Crippen LogP contribution in [0.2, 0.25) is 0 Å². The second-order valence-corrected chi connectivity index (χ2v) is 7.89. The lowest BCUT2D eigenvalue weighted by molar-refractivity contribution is -0.153. The van der Waals surface area contributed by atoms with Gasteiger partial charge < -0.3 is 15.2 Å². The van der Waals surface area contributed by atoms with Gasteiger partial charge in [0.15, 0.2) is 0 Å². The van der Waals surface area contributed by atoms with Crippen molar-refractivity contribution in [3.05, 3.63) is 66.3 Å². The van der Waals surface area contributed by atoms with Crippen molar-refractivity contribution in [2.75, 3.05) is 19.6 Å². The Morgan fingerprint density at radius 1 is 1.13 bits per heavy atom. The van der Waals surface area contributed by atoms with Crippen molar-refractivity contribution in [3.63, 3.8) is 0 Å². The summed E-state index contributed by atoms with van der Waals surface area (Å²) < 4.78 is 14.8. The quantitative estimate of drug-likeness (QED) is 0.622. The van der Waals surface area contributed by atoms with Crippen molar-refractivity contribution in [3.8, 4) is 5.69 Å². The number of aromatic nitrogens is 4. The van der Waals surface area contributed by atoms with Gasteiger partial charge in [0.05, 0.1) is 18.2 Å². The first kappa shape index (κ1) is 19.4. The standard InChI is InChI=1S/C21H22FN7O2/c22-15-1-3-17(4-2-15)29-11-14(8-25-29)10-27-5-6-28-19(12-27)20(30)26-18(21(28)31)7-16-9-23-13-24-16/h1-4,8-9,11,13,18-19H,5-7,10,12H2,(H,23,24)(H,26,30)/t18-,19+/m0/s1. The number of amides is 2. The number of carbonyl (C=O) groups is 2. The van der Waals surface area contributed by atoms with E-state index in [0.717, 1.165) is 16.9 Å². The molecule has 0 spiro atoms. The highest BCUT2D eigenvalue weighted by molar-refractivity contribution is 5.97. The molecule has 0 saturated carbocycles. The second kappa shape index (κ2) is 7.95. The van der Waals surface area contributed by atoms with Crippen LogP contribution in [0.3, 0.4) is 0 Å². The molecule has 2 fully saturated rings. The van der Waals surface area contributed by atoms with Gasteiger partial charge in [-0.15, -0.1) is 0 Å². The number of nitrogens with zero attached hydrogens (tertiary/aromatic N) is 5. The average molecular weight is 423 g/mol. The van der Waals surface area contributed by atoms with Gasteiger partial charge in [0.25, 0.3) is 0 Å². The molecule has 2 aromatic heterocycles. The summed E-state index contributed by atoms with van der Waals surface area (Å²) in [4.78, 5) is 36.4. The molecule has 0 bridgehead atoms. The normalized spacial score (nSPS) is 21.8. The number of carbonyl (C=O) groups excluding carboxylic acids is 2. The molecule has 0 aliphatic carbocycles. The highest BCUT2D eigenvalue weighted by Gasteiger charge is 2.43. The summed E-state index contributed by atoms with van der Waals surface area (Å²) in [6.07, 6.45) is 7.29. The molecule has 0 unspecified atom stereocenters. The van der Waals surface area contributed by atoms with Crippen molar-refractivity contribution in [1.29, 1.82) is 0 Å². The van der Waals surface area contributed by atoms with E-state index in [-0.39, 0.29) is 17.6 Å². The molecular weight excluding hydrogens is 401 g/mol. The van der Waals surface area contributed by atoms with E-state index in [9.17, 15) is 14.0 Å². The van der Waals surface area contributed by atoms with Crippen LogP contribution in [-0.2, 0) is 22.6 Å². The van der Waals surface area contributed by atoms with Crippen molar-refractivity contribution in [1.82, 2.24) is 34.9 Å². The fourth-order valence-electron chi connectivity index (χ4n) is 4.19. The molecule has 3 aromatic rings. The first-order chi connectivity index (χ1) is 15.1. The van der Waals surface area contributed by atoms with E-state index in [0.29, 0.717) is 32.6 Å². The first-order valence-electron chi connectivity index (χ1n) is 10.2. The number of H-pyrrole nitrogens is 1. The summed E-state index contributed by atoms with van der Waals surface area (Å²) in [6, 6.07) is 5.07. The Hall–Kier alpha value is -3.53. The minimum Gasteiger partial charge on any atom is -0.348 e. The molecule has 2 aliphatic rings. The number of imidazole rings is 1. The number of benzene rings is 1. The zero-order chi connectivity index (χ0) is 21.4. The molecule has 2 N–H and O–H groups in total. The van der Waals surface area contributed by atoms with Crippen molar-refractivity contribution >= 4 is 11.8 Å². The molecule has 10 heteroatoms. The molecule has 2 amide bonds. The molecule has 1 aromatic carbocycles. The minimum atomic E-state index is -0.565. The maximum atomic E-state index is 13.1. The Morgan fingerprint density at radius 2 is 1.97 bits per heavy atom. The molecule has 31 heavy (non-hydrogen) atoms. The fourth-order valence-corrected chi connectivity index (χ4v) is 4.19. The highest BCUT2D eigenvalue weighted by atomic mass is 19.1. The van der Waals surface area contributed by atoms with Crippen LogP contribution in [0.15, 0.2) is 49.2 Å². The third-order valence-corrected chi connectivity index (χ3v) is 5.78. The van der Waals surface area contributed by atoms with Crippen molar-refractivity contribution in [2.24, 2.45) is 0 Å². The van der Waals surface area contributed by atoms with Gasteiger partial charge in [0.1, 0.15) is 17.9 Å². The lowest BCUT2D eigenvalue weighted by Gasteiger charge is -2.45. The number of rotatable bonds is 5. The molecule has 0 radical (unpaired) electrons. The minimum absolute atomic E-state index is 0.0528. The highest BCUT2D eigenvalue weighted by Crippen LogP contribution is 2.20. The van der Waals surface area contributed by atoms with Crippen LogP contribution in [0, 0.1) is 5.82 Å². The smallest absolute Gasteiger partial charge is 0.246 e. The van der Waals surface area contributed by atoms with Crippen molar-refractivity contribution in [2.45, 2.75) is 25.0 Å². The van der Waals surface area contributed by atoms with E-state index in [1.54, 1.807) is 40.4 Å². The molecule has 5 rings (SSSR count). The molecule has 2 saturated heterocycles. The Balaban J connectivity index is 1.23. The molecule has 160 valence electrons. The number of fused-ring (bicyclic) bond motifs is 1. The number of hydrogen-bond donors (Lipinski definition) is 2. The molecular formula is C21H22FN7O2. The van der Waals surface area contributed by atoms with Crippen LogP contribution in [0.4, 0.5) is 4.39 Å². The Morgan fingerprint density at radius 3 is 2.74 bits per heavy atom. The zero-order valence-electron chi connectivity index (χ0n) is 16.7. The second-order valence-electron chi connectivity index (χ2n) is 7.89. The fraction of sp³-hybridized carbons (Fsp3) is 0.333. The lowest BCUT2D eigenvalue weighted by Crippen LogP contribution is -2.69. The molecule has 2 atom stereocenters. The van der Waals surface area contributed by atoms with E-state index in [2.05, 4.69) is 25.3 Å². The Bertz CT molecular complexity index is 1080. The van der Waals surface area contributed by atoms with Crippen LogP contribution >= 0.6 is 0 Å². The number of aromatic amines is 1. The van der Waals surface area contributed by atoms with Crippen LogP contribution in [0.25, 0.3) is 5.69 Å². The van der Waals surface area contributed by atoms with Crippen LogP contribution < -0.4 is 5.32 Å². The van der Waals surface area contributed by atoms with Gasteiger partial charge in [-0.05, 0) is 24.3 Å². The summed E-state index contributed by atoms with van der Waals surface area (Å²) in [5.41, 5.74) is 2.57. The van der Waals surface area contributed by atoms with E-state index in [1.807, 2.05) is 6.20 Å². The van der Waals surface area contributed by atoms with E-state index < -0.39 is 12.1 Å². The summed E-state index contributed by atoms with van der Waals surface area (Å²) in [5, 5.41) is 7.22. The number of halogens is 1. The Labute approximate surface area is 177 Å². The maximum absolute atomic E-state index is 13.1. The summed E-state index contributed by atoms with van der Waals surface area (Å²) in [7, 11) is 0. The van der Waals surface area contributed by atoms with Gasteiger partial charge in [-0.3, -0.25) is 14.5 Å². The summed E-state index contributed by atoms with van der Waals surface area (Å²) in [6.45, 7) is 2.26. The van der Waals surface area contributed by atoms with Gasteiger partial charge >= 0.3 is 0 Å². The van der Waals surface area contributed by atoms with Crippen LogP contribution in [0.1, 0.15) is 11.3 Å². The predicted molar refractivity (Wildman–Crippen MR) is 109 cm³/mol. The van der Waals surface area contributed by atoms with Crippen LogP contribution in [0.5, 0.6) is 0 Å².